The van der Waals surface area contributed by atoms with E-state index in [1.807, 2.05) is 0 Å². The summed E-state index contributed by atoms with van der Waals surface area (Å²) in [6, 6.07) is 4.86. The number of nitrogens with one attached hydrogen (secondary N) is 1. The lowest BCUT2D eigenvalue weighted by Crippen LogP contribution is -2.32. The predicted octanol–water partition coefficient (Wildman–Crippen LogP) is 2.42. The fraction of sp³-hybridized carbons (Fsp3) is 0.706. The monoisotopic (exact) mass is 290 g/mol. The second-order valence-corrected chi connectivity index (χ2v) is 6.42. The van der Waals surface area contributed by atoms with Crippen LogP contribution in [0, 0.1) is 6.92 Å². The van der Waals surface area contributed by atoms with E-state index in [0.29, 0.717) is 6.04 Å². The van der Waals surface area contributed by atoms with E-state index in [-0.39, 0.29) is 0 Å². The van der Waals surface area contributed by atoms with Gasteiger partial charge in [0.1, 0.15) is 5.82 Å². The molecule has 0 aliphatic carbocycles. The number of rotatable bonds is 7. The lowest BCUT2D eigenvalue weighted by Gasteiger charge is -2.23. The molecule has 118 valence electrons. The predicted molar refractivity (Wildman–Crippen MR) is 89.9 cm³/mol. The zero-order chi connectivity index (χ0) is 15.2. The summed E-state index contributed by atoms with van der Waals surface area (Å²) in [6.45, 7) is 12.1. The molecule has 1 fully saturated rings. The molecule has 0 bridgehead atoms. The first-order valence-corrected chi connectivity index (χ1v) is 8.19. The second-order valence-electron chi connectivity index (χ2n) is 6.42. The van der Waals surface area contributed by atoms with Crippen molar-refractivity contribution < 1.29 is 0 Å². The van der Waals surface area contributed by atoms with Gasteiger partial charge in [0.05, 0.1) is 0 Å². The van der Waals surface area contributed by atoms with E-state index >= 15 is 0 Å². The Hall–Kier alpha value is -1.13. The van der Waals surface area contributed by atoms with Crippen LogP contribution in [0.3, 0.4) is 0 Å². The summed E-state index contributed by atoms with van der Waals surface area (Å²) in [6.07, 6.45) is 2.72. The molecule has 0 amide bonds. The Balaban J connectivity index is 1.88. The van der Waals surface area contributed by atoms with Crippen molar-refractivity contribution in [3.63, 3.8) is 0 Å². The zero-order valence-electron chi connectivity index (χ0n) is 14.0. The molecule has 0 unspecified atom stereocenters. The van der Waals surface area contributed by atoms with Gasteiger partial charge in [0.25, 0.3) is 0 Å². The third-order valence-corrected chi connectivity index (χ3v) is 4.22. The maximum absolute atomic E-state index is 4.76. The molecule has 0 spiro atoms. The fourth-order valence-corrected chi connectivity index (χ4v) is 2.70. The molecule has 1 aromatic heterocycles. The van der Waals surface area contributed by atoms with Crippen LogP contribution in [0.5, 0.6) is 0 Å². The summed E-state index contributed by atoms with van der Waals surface area (Å²) in [5.74, 6) is 1.08. The Labute approximate surface area is 129 Å². The first-order valence-electron chi connectivity index (χ1n) is 8.19. The van der Waals surface area contributed by atoms with Gasteiger partial charge in [-0.1, -0.05) is 19.9 Å². The summed E-state index contributed by atoms with van der Waals surface area (Å²) in [7, 11) is 2.14. The Bertz CT molecular complexity index is 438. The number of anilines is 1. The number of hydrogen-bond donors (Lipinski definition) is 1. The summed E-state index contributed by atoms with van der Waals surface area (Å²) in [4.78, 5) is 9.58. The third kappa shape index (κ3) is 4.97. The van der Waals surface area contributed by atoms with E-state index in [1.54, 1.807) is 0 Å². The highest BCUT2D eigenvalue weighted by molar-refractivity contribution is 5.40. The molecular formula is C17H30N4. The van der Waals surface area contributed by atoms with E-state index in [1.165, 1.54) is 31.5 Å². The van der Waals surface area contributed by atoms with E-state index in [4.69, 9.17) is 4.98 Å². The van der Waals surface area contributed by atoms with Crippen molar-refractivity contribution >= 4 is 5.82 Å². The van der Waals surface area contributed by atoms with Crippen molar-refractivity contribution in [3.05, 3.63) is 23.4 Å². The third-order valence-electron chi connectivity index (χ3n) is 4.22. The van der Waals surface area contributed by atoms with Gasteiger partial charge >= 0.3 is 0 Å². The molecule has 2 rings (SSSR count). The summed E-state index contributed by atoms with van der Waals surface area (Å²) in [5, 5.41) is 3.45. The topological polar surface area (TPSA) is 31.4 Å². The standard InChI is InChI=1S/C17H30N4/c1-14(2)18-13-16-7-8-17(19-15(16)3)20(4)11-12-21-9-5-6-10-21/h7-8,14,18H,5-6,9-13H2,1-4H3. The van der Waals surface area contributed by atoms with Gasteiger partial charge in [0.15, 0.2) is 0 Å². The average molecular weight is 290 g/mol. The number of pyridine rings is 1. The Morgan fingerprint density at radius 1 is 1.29 bits per heavy atom. The molecule has 1 saturated heterocycles. The second kappa shape index (κ2) is 7.76. The Kier molecular flexibility index (Phi) is 6.00. The van der Waals surface area contributed by atoms with Gasteiger partial charge in [-0.15, -0.1) is 0 Å². The molecule has 4 nitrogen and oxygen atoms in total. The fourth-order valence-electron chi connectivity index (χ4n) is 2.70. The minimum absolute atomic E-state index is 0.507. The van der Waals surface area contributed by atoms with Crippen molar-refractivity contribution in [1.82, 2.24) is 15.2 Å². The smallest absolute Gasteiger partial charge is 0.128 e. The van der Waals surface area contributed by atoms with Gasteiger partial charge in [-0.2, -0.15) is 0 Å². The molecule has 1 aromatic rings. The quantitative estimate of drug-likeness (QED) is 0.836. The maximum atomic E-state index is 4.76. The van der Waals surface area contributed by atoms with E-state index in [0.717, 1.165) is 31.1 Å². The maximum Gasteiger partial charge on any atom is 0.128 e. The van der Waals surface area contributed by atoms with Crippen molar-refractivity contribution in [2.24, 2.45) is 0 Å². The van der Waals surface area contributed by atoms with Crippen molar-refractivity contribution in [2.45, 2.75) is 46.2 Å². The van der Waals surface area contributed by atoms with Crippen LogP contribution in [0.4, 0.5) is 5.82 Å². The minimum Gasteiger partial charge on any atom is -0.358 e. The number of aryl methyl sites for hydroxylation is 1. The van der Waals surface area contributed by atoms with Crippen LogP contribution in [-0.4, -0.2) is 49.2 Å². The van der Waals surface area contributed by atoms with Gasteiger partial charge in [0, 0.05) is 38.4 Å². The van der Waals surface area contributed by atoms with Gasteiger partial charge in [-0.05, 0) is 44.5 Å². The van der Waals surface area contributed by atoms with Crippen LogP contribution in [-0.2, 0) is 6.54 Å². The highest BCUT2D eigenvalue weighted by Gasteiger charge is 2.12. The normalized spacial score (nSPS) is 15.9. The van der Waals surface area contributed by atoms with Gasteiger partial charge in [-0.25, -0.2) is 4.98 Å². The Morgan fingerprint density at radius 3 is 2.62 bits per heavy atom. The summed E-state index contributed by atoms with van der Waals surface area (Å²) in [5.41, 5.74) is 2.43. The molecule has 0 atom stereocenters. The van der Waals surface area contributed by atoms with Crippen LogP contribution in [0.1, 0.15) is 37.9 Å². The lowest BCUT2D eigenvalue weighted by atomic mass is 10.2. The molecule has 0 saturated carbocycles. The molecule has 1 aliphatic rings. The zero-order valence-corrected chi connectivity index (χ0v) is 14.0. The van der Waals surface area contributed by atoms with Crippen LogP contribution < -0.4 is 10.2 Å². The van der Waals surface area contributed by atoms with Gasteiger partial charge < -0.3 is 15.1 Å². The average Bonchev–Trinajstić information content (AvgIpc) is 2.96. The number of likely N-dealkylation sites (N-methyl/N-ethyl adjacent to an activating group) is 1. The number of likely N-dealkylation sites (tertiary alicyclic amines) is 1. The van der Waals surface area contributed by atoms with Gasteiger partial charge in [0.2, 0.25) is 0 Å². The van der Waals surface area contributed by atoms with Crippen molar-refractivity contribution in [1.29, 1.82) is 0 Å². The molecule has 4 heteroatoms. The largest absolute Gasteiger partial charge is 0.358 e. The number of aromatic nitrogens is 1. The first kappa shape index (κ1) is 16.2. The first-order chi connectivity index (χ1) is 10.1. The number of nitrogens with zero attached hydrogens (tertiary/aromatic N) is 3. The number of hydrogen-bond acceptors (Lipinski definition) is 4. The van der Waals surface area contributed by atoms with Crippen molar-refractivity contribution in [3.8, 4) is 0 Å². The minimum atomic E-state index is 0.507. The highest BCUT2D eigenvalue weighted by atomic mass is 15.2. The SMILES string of the molecule is Cc1nc(N(C)CCN2CCCC2)ccc1CNC(C)C. The summed E-state index contributed by atoms with van der Waals surface area (Å²) >= 11 is 0. The summed E-state index contributed by atoms with van der Waals surface area (Å²) < 4.78 is 0. The lowest BCUT2D eigenvalue weighted by molar-refractivity contribution is 0.346. The molecule has 2 heterocycles. The molecule has 1 N–H and O–H groups in total. The molecule has 0 aromatic carbocycles. The van der Waals surface area contributed by atoms with E-state index < -0.39 is 0 Å². The molecule has 21 heavy (non-hydrogen) atoms. The van der Waals surface area contributed by atoms with Crippen LogP contribution in [0.25, 0.3) is 0 Å². The van der Waals surface area contributed by atoms with E-state index in [2.05, 4.69) is 55.1 Å². The van der Waals surface area contributed by atoms with Crippen molar-refractivity contribution in [2.75, 3.05) is 38.1 Å². The van der Waals surface area contributed by atoms with Crippen LogP contribution >= 0.6 is 0 Å². The molecule has 0 radical (unpaired) electrons. The van der Waals surface area contributed by atoms with Crippen LogP contribution in [0.15, 0.2) is 12.1 Å². The molecular weight excluding hydrogens is 260 g/mol. The highest BCUT2D eigenvalue weighted by Crippen LogP contribution is 2.14. The Morgan fingerprint density at radius 2 is 2.00 bits per heavy atom. The van der Waals surface area contributed by atoms with Crippen LogP contribution in [0.2, 0.25) is 0 Å². The molecule has 1 aliphatic heterocycles. The van der Waals surface area contributed by atoms with Gasteiger partial charge in [-0.3, -0.25) is 0 Å². The van der Waals surface area contributed by atoms with E-state index in [9.17, 15) is 0 Å².